The van der Waals surface area contributed by atoms with Crippen molar-refractivity contribution < 1.29 is 28.2 Å². The number of aromatic nitrogens is 1. The smallest absolute Gasteiger partial charge is 0.341 e. The lowest BCUT2D eigenvalue weighted by molar-refractivity contribution is -0.136. The molecule has 2 aromatic carbocycles. The number of para-hydroxylation sites is 1. The van der Waals surface area contributed by atoms with E-state index >= 15 is 0 Å². The van der Waals surface area contributed by atoms with Gasteiger partial charge in [0.15, 0.2) is 12.5 Å². The predicted octanol–water partition coefficient (Wildman–Crippen LogP) is 4.17. The molecule has 3 heterocycles. The van der Waals surface area contributed by atoms with Crippen LogP contribution in [0.4, 0.5) is 14.9 Å². The number of carbonyl (C=O) groups excluding carboxylic acids is 2. The summed E-state index contributed by atoms with van der Waals surface area (Å²) in [6.07, 6.45) is 1.99. The number of amides is 2. The number of esters is 1. The molecule has 9 heteroatoms. The lowest BCUT2D eigenvalue weighted by Gasteiger charge is -2.23. The first kappa shape index (κ1) is 21.0. The van der Waals surface area contributed by atoms with Crippen molar-refractivity contribution in [1.29, 1.82) is 0 Å². The third kappa shape index (κ3) is 3.91. The lowest BCUT2D eigenvalue weighted by Crippen LogP contribution is -2.32. The van der Waals surface area contributed by atoms with Crippen molar-refractivity contribution in [2.45, 2.75) is 20.0 Å². The van der Waals surface area contributed by atoms with Crippen LogP contribution in [0.5, 0.6) is 5.75 Å². The number of ether oxygens (including phenoxy) is 3. The highest BCUT2D eigenvalue weighted by Crippen LogP contribution is 2.35. The van der Waals surface area contributed by atoms with Gasteiger partial charge in [0.05, 0.1) is 30.2 Å². The molecule has 0 unspecified atom stereocenters. The molecule has 170 valence electrons. The van der Waals surface area contributed by atoms with E-state index in [2.05, 4.69) is 10.3 Å². The Morgan fingerprint density at radius 3 is 2.97 bits per heavy atom. The number of fused-ring (bicyclic) bond motifs is 4. The molecule has 5 rings (SSSR count). The zero-order chi connectivity index (χ0) is 22.9. The van der Waals surface area contributed by atoms with Crippen LogP contribution in [-0.2, 0) is 27.3 Å². The number of anilines is 1. The number of nitrogens with zero attached hydrogens (tertiary/aromatic N) is 1. The monoisotopic (exact) mass is 451 g/mol. The highest BCUT2D eigenvalue weighted by molar-refractivity contribution is 6.18. The van der Waals surface area contributed by atoms with E-state index in [1.807, 2.05) is 24.3 Å². The van der Waals surface area contributed by atoms with Gasteiger partial charge in [0, 0.05) is 35.3 Å². The maximum absolute atomic E-state index is 14.1. The first-order chi connectivity index (χ1) is 16.0. The molecule has 0 bridgehead atoms. The van der Waals surface area contributed by atoms with Gasteiger partial charge in [0.2, 0.25) is 0 Å². The van der Waals surface area contributed by atoms with Crippen LogP contribution in [0.1, 0.15) is 23.7 Å². The van der Waals surface area contributed by atoms with E-state index in [0.717, 1.165) is 16.5 Å². The van der Waals surface area contributed by atoms with Gasteiger partial charge in [-0.05, 0) is 31.0 Å². The van der Waals surface area contributed by atoms with Crippen molar-refractivity contribution >= 4 is 34.2 Å². The summed E-state index contributed by atoms with van der Waals surface area (Å²) >= 11 is 0. The van der Waals surface area contributed by atoms with Crippen molar-refractivity contribution in [3.05, 3.63) is 65.2 Å². The molecule has 8 nitrogen and oxygen atoms in total. The number of urea groups is 1. The Labute approximate surface area is 188 Å². The highest BCUT2D eigenvalue weighted by Gasteiger charge is 2.28. The Morgan fingerprint density at radius 2 is 2.12 bits per heavy atom. The van der Waals surface area contributed by atoms with E-state index in [4.69, 9.17) is 14.2 Å². The predicted molar refractivity (Wildman–Crippen MR) is 119 cm³/mol. The number of aromatic amines is 1. The molecule has 2 aliphatic heterocycles. The largest absolute Gasteiger partial charge is 0.465 e. The molecule has 2 amide bonds. The number of benzene rings is 2. The fraction of sp³-hybridized carbons (Fsp3) is 0.250. The van der Waals surface area contributed by atoms with Gasteiger partial charge in [0.25, 0.3) is 0 Å². The fourth-order valence-electron chi connectivity index (χ4n) is 4.19. The van der Waals surface area contributed by atoms with Crippen LogP contribution >= 0.6 is 0 Å². The van der Waals surface area contributed by atoms with Gasteiger partial charge in [0.1, 0.15) is 5.82 Å². The molecule has 2 aliphatic rings. The van der Waals surface area contributed by atoms with Crippen LogP contribution in [-0.4, -0.2) is 41.8 Å². The molecule has 2 N–H and O–H groups in total. The average Bonchev–Trinajstić information content (AvgIpc) is 3.06. The van der Waals surface area contributed by atoms with Crippen LogP contribution in [0.2, 0.25) is 0 Å². The molecule has 0 saturated carbocycles. The SMILES string of the molecule is CCOC(=O)C1=CN(C(=O)Nc2cc(F)cc3c2OCOC3)CCc2c1[nH]c1ccccc21. The molecule has 0 spiro atoms. The molecule has 33 heavy (non-hydrogen) atoms. The van der Waals surface area contributed by atoms with Crippen molar-refractivity contribution in [2.75, 3.05) is 25.3 Å². The zero-order valence-corrected chi connectivity index (χ0v) is 17.9. The summed E-state index contributed by atoms with van der Waals surface area (Å²) in [7, 11) is 0. The van der Waals surface area contributed by atoms with Crippen molar-refractivity contribution in [3.8, 4) is 5.75 Å². The lowest BCUT2D eigenvalue weighted by atomic mass is 10.0. The number of rotatable bonds is 3. The van der Waals surface area contributed by atoms with E-state index in [-0.39, 0.29) is 31.3 Å². The summed E-state index contributed by atoms with van der Waals surface area (Å²) in [4.78, 5) is 30.7. The second kappa shape index (κ2) is 8.59. The highest BCUT2D eigenvalue weighted by atomic mass is 19.1. The molecule has 3 aromatic rings. The molecule has 0 fully saturated rings. The second-order valence-electron chi connectivity index (χ2n) is 7.71. The molecule has 0 atom stereocenters. The Kier molecular flexibility index (Phi) is 5.47. The van der Waals surface area contributed by atoms with Crippen LogP contribution in [0.3, 0.4) is 0 Å². The van der Waals surface area contributed by atoms with E-state index in [9.17, 15) is 14.0 Å². The van der Waals surface area contributed by atoms with Crippen LogP contribution < -0.4 is 10.1 Å². The number of H-pyrrole nitrogens is 1. The summed E-state index contributed by atoms with van der Waals surface area (Å²) in [5.41, 5.74) is 3.44. The Morgan fingerprint density at radius 1 is 1.27 bits per heavy atom. The van der Waals surface area contributed by atoms with E-state index in [0.29, 0.717) is 30.0 Å². The van der Waals surface area contributed by atoms with Gasteiger partial charge < -0.3 is 24.5 Å². The third-order valence-electron chi connectivity index (χ3n) is 5.64. The number of hydrogen-bond donors (Lipinski definition) is 2. The first-order valence-corrected chi connectivity index (χ1v) is 10.6. The third-order valence-corrected chi connectivity index (χ3v) is 5.64. The standard InChI is InChI=1S/C24H22FN3O5/c1-2-32-23(29)18-11-28(8-7-17-16-5-3-4-6-19(16)26-21(17)18)24(30)27-20-10-15(25)9-14-12-31-13-33-22(14)20/h3-6,9-11,26H,2,7-8,12-13H2,1H3,(H,27,30). The van der Waals surface area contributed by atoms with Gasteiger partial charge in [-0.1, -0.05) is 18.2 Å². The normalized spacial score (nSPS) is 15.1. The minimum atomic E-state index is -0.534. The van der Waals surface area contributed by atoms with Crippen LogP contribution in [0.15, 0.2) is 42.6 Å². The number of nitrogens with one attached hydrogen (secondary N) is 2. The summed E-state index contributed by atoms with van der Waals surface area (Å²) in [6.45, 7) is 2.44. The van der Waals surface area contributed by atoms with Crippen molar-refractivity contribution in [3.63, 3.8) is 0 Å². The topological polar surface area (TPSA) is 92.9 Å². The average molecular weight is 451 g/mol. The second-order valence-corrected chi connectivity index (χ2v) is 7.71. The summed E-state index contributed by atoms with van der Waals surface area (Å²) in [5.74, 6) is -0.677. The molecular formula is C24H22FN3O5. The van der Waals surface area contributed by atoms with E-state index in [1.165, 1.54) is 23.2 Å². The first-order valence-electron chi connectivity index (χ1n) is 10.6. The van der Waals surface area contributed by atoms with Gasteiger partial charge in [-0.2, -0.15) is 0 Å². The summed E-state index contributed by atoms with van der Waals surface area (Å²) in [5, 5.41) is 3.70. The zero-order valence-electron chi connectivity index (χ0n) is 17.9. The fourth-order valence-corrected chi connectivity index (χ4v) is 4.19. The maximum atomic E-state index is 14.1. The van der Waals surface area contributed by atoms with E-state index in [1.54, 1.807) is 6.92 Å². The van der Waals surface area contributed by atoms with Gasteiger partial charge >= 0.3 is 12.0 Å². The molecule has 0 aliphatic carbocycles. The van der Waals surface area contributed by atoms with Crippen LogP contribution in [0.25, 0.3) is 16.5 Å². The van der Waals surface area contributed by atoms with Gasteiger partial charge in [-0.25, -0.2) is 14.0 Å². The van der Waals surface area contributed by atoms with Crippen LogP contribution in [0, 0.1) is 5.82 Å². The van der Waals surface area contributed by atoms with Crippen molar-refractivity contribution in [2.24, 2.45) is 0 Å². The minimum absolute atomic E-state index is 0.0137. The molecular weight excluding hydrogens is 429 g/mol. The minimum Gasteiger partial charge on any atom is -0.465 e. The number of halogens is 1. The van der Waals surface area contributed by atoms with Gasteiger partial charge in [-0.15, -0.1) is 0 Å². The van der Waals surface area contributed by atoms with E-state index < -0.39 is 17.8 Å². The number of carbonyl (C=O) groups is 2. The maximum Gasteiger partial charge on any atom is 0.341 e. The molecule has 0 radical (unpaired) electrons. The summed E-state index contributed by atoms with van der Waals surface area (Å²) in [6, 6.07) is 9.75. The Balaban J connectivity index is 1.50. The summed E-state index contributed by atoms with van der Waals surface area (Å²) < 4.78 is 30.0. The Hall–Kier alpha value is -3.85. The number of hydrogen-bond acceptors (Lipinski definition) is 5. The Bertz CT molecular complexity index is 1280. The van der Waals surface area contributed by atoms with Crippen molar-refractivity contribution in [1.82, 2.24) is 9.88 Å². The quantitative estimate of drug-likeness (QED) is 0.583. The molecule has 0 saturated heterocycles. The molecule has 1 aromatic heterocycles. The van der Waals surface area contributed by atoms with Gasteiger partial charge in [-0.3, -0.25) is 4.90 Å².